The summed E-state index contributed by atoms with van der Waals surface area (Å²) in [6, 6.07) is 9.79. The maximum Gasteiger partial charge on any atom is 0.157 e. The van der Waals surface area contributed by atoms with Gasteiger partial charge in [-0.2, -0.15) is 0 Å². The van der Waals surface area contributed by atoms with Gasteiger partial charge in [-0.05, 0) is 61.3 Å². The summed E-state index contributed by atoms with van der Waals surface area (Å²) in [5.41, 5.74) is 12.5. The number of piperidine rings is 1. The molecule has 0 aliphatic carbocycles. The summed E-state index contributed by atoms with van der Waals surface area (Å²) in [7, 11) is 0. The van der Waals surface area contributed by atoms with E-state index in [4.69, 9.17) is 11.1 Å². The van der Waals surface area contributed by atoms with E-state index in [1.54, 1.807) is 12.4 Å². The second-order valence-corrected chi connectivity index (χ2v) is 8.07. The van der Waals surface area contributed by atoms with Crippen LogP contribution in [0.15, 0.2) is 55.1 Å². The van der Waals surface area contributed by atoms with Gasteiger partial charge in [-0.25, -0.2) is 4.98 Å². The molecule has 1 fully saturated rings. The first kappa shape index (κ1) is 19.4. The van der Waals surface area contributed by atoms with Crippen LogP contribution in [0.1, 0.15) is 36.2 Å². The second-order valence-electron chi connectivity index (χ2n) is 8.07. The molecule has 0 saturated carbocycles. The van der Waals surface area contributed by atoms with Crippen LogP contribution >= 0.6 is 0 Å². The van der Waals surface area contributed by atoms with E-state index in [9.17, 15) is 0 Å². The number of benzene rings is 1. The van der Waals surface area contributed by atoms with Crippen LogP contribution in [-0.2, 0) is 6.54 Å². The molecule has 4 heterocycles. The van der Waals surface area contributed by atoms with Gasteiger partial charge < -0.3 is 10.7 Å². The number of likely N-dealkylation sites (tertiary alicyclic amines) is 1. The molecular formula is C24H25N7. The smallest absolute Gasteiger partial charge is 0.157 e. The number of imidazole rings is 1. The van der Waals surface area contributed by atoms with Crippen LogP contribution in [0.3, 0.4) is 0 Å². The minimum atomic E-state index is 0.257. The highest BCUT2D eigenvalue weighted by Crippen LogP contribution is 2.26. The Morgan fingerprint density at radius 3 is 2.71 bits per heavy atom. The molecule has 0 atom stereocenters. The molecule has 1 aliphatic heterocycles. The van der Waals surface area contributed by atoms with Gasteiger partial charge in [-0.15, -0.1) is 0 Å². The topological polar surface area (TPSA) is 108 Å². The Hall–Kier alpha value is -3.58. The molecule has 31 heavy (non-hydrogen) atoms. The maximum atomic E-state index is 8.70. The Morgan fingerprint density at radius 1 is 1.00 bits per heavy atom. The molecule has 0 bridgehead atoms. The molecule has 156 valence electrons. The molecule has 0 radical (unpaired) electrons. The minimum Gasteiger partial charge on any atom is -0.398 e. The molecule has 1 saturated heterocycles. The Morgan fingerprint density at radius 2 is 1.87 bits per heavy atom. The van der Waals surface area contributed by atoms with Gasteiger partial charge in [-0.3, -0.25) is 20.3 Å². The van der Waals surface area contributed by atoms with E-state index in [1.165, 1.54) is 24.8 Å². The monoisotopic (exact) mass is 411 g/mol. The van der Waals surface area contributed by atoms with Crippen molar-refractivity contribution in [3.63, 3.8) is 0 Å². The average Bonchev–Trinajstić information content (AvgIpc) is 3.24. The third kappa shape index (κ3) is 4.04. The standard InChI is InChI=1S/C24H25N7/c25-20-5-4-17(18-10-16(12-28-13-18)15-31-8-2-1-3-9-31)11-19(20)23(26)24-29-21-6-7-27-14-22(21)30-24/h4-7,10-14,26H,1-3,8-9,15,25H2,(H,29,30). The molecular weight excluding hydrogens is 386 g/mol. The van der Waals surface area contributed by atoms with Crippen LogP contribution in [0, 0.1) is 5.41 Å². The van der Waals surface area contributed by atoms with Crippen LogP contribution < -0.4 is 5.73 Å². The third-order valence-electron chi connectivity index (χ3n) is 5.83. The number of aromatic nitrogens is 4. The van der Waals surface area contributed by atoms with Gasteiger partial charge >= 0.3 is 0 Å². The van der Waals surface area contributed by atoms with Gasteiger partial charge in [0.15, 0.2) is 5.82 Å². The van der Waals surface area contributed by atoms with Crippen molar-refractivity contribution >= 4 is 22.4 Å². The summed E-state index contributed by atoms with van der Waals surface area (Å²) in [5.74, 6) is 0.476. The zero-order valence-corrected chi connectivity index (χ0v) is 17.3. The normalized spacial score (nSPS) is 14.7. The van der Waals surface area contributed by atoms with Gasteiger partial charge in [-0.1, -0.05) is 12.5 Å². The number of rotatable bonds is 5. The van der Waals surface area contributed by atoms with Crippen molar-refractivity contribution in [1.82, 2.24) is 24.8 Å². The van der Waals surface area contributed by atoms with Crippen molar-refractivity contribution in [2.24, 2.45) is 0 Å². The number of anilines is 1. The minimum absolute atomic E-state index is 0.257. The first-order valence-electron chi connectivity index (χ1n) is 10.6. The molecule has 1 aliphatic rings. The predicted molar refractivity (Wildman–Crippen MR) is 123 cm³/mol. The van der Waals surface area contributed by atoms with Gasteiger partial charge in [0, 0.05) is 41.9 Å². The lowest BCUT2D eigenvalue weighted by Gasteiger charge is -2.26. The Kier molecular flexibility index (Phi) is 5.18. The van der Waals surface area contributed by atoms with E-state index >= 15 is 0 Å². The molecule has 3 aromatic heterocycles. The molecule has 7 nitrogen and oxygen atoms in total. The van der Waals surface area contributed by atoms with Crippen molar-refractivity contribution in [3.8, 4) is 11.1 Å². The number of fused-ring (bicyclic) bond motifs is 1. The summed E-state index contributed by atoms with van der Waals surface area (Å²) in [6.45, 7) is 3.23. The number of pyridine rings is 2. The molecule has 4 aromatic rings. The number of hydrogen-bond donors (Lipinski definition) is 3. The van der Waals surface area contributed by atoms with Crippen LogP contribution in [0.4, 0.5) is 5.69 Å². The van der Waals surface area contributed by atoms with Crippen molar-refractivity contribution in [2.45, 2.75) is 25.8 Å². The van der Waals surface area contributed by atoms with Crippen molar-refractivity contribution in [3.05, 3.63) is 72.1 Å². The summed E-state index contributed by atoms with van der Waals surface area (Å²) in [5, 5.41) is 8.70. The quantitative estimate of drug-likeness (QED) is 0.340. The number of nitrogens with zero attached hydrogens (tertiary/aromatic N) is 4. The van der Waals surface area contributed by atoms with E-state index in [0.29, 0.717) is 17.1 Å². The lowest BCUT2D eigenvalue weighted by molar-refractivity contribution is 0.220. The molecule has 4 N–H and O–H groups in total. The zero-order valence-electron chi connectivity index (χ0n) is 17.3. The largest absolute Gasteiger partial charge is 0.398 e. The molecule has 5 rings (SSSR count). The highest BCUT2D eigenvalue weighted by Gasteiger charge is 2.15. The van der Waals surface area contributed by atoms with Crippen molar-refractivity contribution in [2.75, 3.05) is 18.8 Å². The Labute approximate surface area is 180 Å². The number of hydrogen-bond acceptors (Lipinski definition) is 6. The number of H-pyrrole nitrogens is 1. The fourth-order valence-electron chi connectivity index (χ4n) is 4.16. The van der Waals surface area contributed by atoms with E-state index < -0.39 is 0 Å². The summed E-state index contributed by atoms with van der Waals surface area (Å²) in [4.78, 5) is 18.7. The highest BCUT2D eigenvalue weighted by molar-refractivity contribution is 6.13. The lowest BCUT2D eigenvalue weighted by atomic mass is 9.99. The number of nitrogens with two attached hydrogens (primary N) is 1. The SMILES string of the molecule is N=C(c1nc2ccncc2[nH]1)c1cc(-c2cncc(CN3CCCCC3)c2)ccc1N. The van der Waals surface area contributed by atoms with Crippen molar-refractivity contribution in [1.29, 1.82) is 5.41 Å². The molecule has 7 heteroatoms. The predicted octanol–water partition coefficient (Wildman–Crippen LogP) is 4.00. The molecule has 0 spiro atoms. The number of aromatic amines is 1. The van der Waals surface area contributed by atoms with Gasteiger partial charge in [0.2, 0.25) is 0 Å². The van der Waals surface area contributed by atoms with E-state index in [-0.39, 0.29) is 5.71 Å². The van der Waals surface area contributed by atoms with E-state index in [1.807, 2.05) is 36.7 Å². The fourth-order valence-corrected chi connectivity index (χ4v) is 4.16. The average molecular weight is 412 g/mol. The molecule has 0 amide bonds. The van der Waals surface area contributed by atoms with Gasteiger partial charge in [0.05, 0.1) is 17.2 Å². The maximum absolute atomic E-state index is 8.70. The van der Waals surface area contributed by atoms with E-state index in [0.717, 1.165) is 41.8 Å². The van der Waals surface area contributed by atoms with Gasteiger partial charge in [0.25, 0.3) is 0 Å². The van der Waals surface area contributed by atoms with E-state index in [2.05, 4.69) is 30.9 Å². The first-order valence-corrected chi connectivity index (χ1v) is 10.6. The lowest BCUT2D eigenvalue weighted by Crippen LogP contribution is -2.29. The number of nitrogen functional groups attached to an aromatic ring is 1. The molecule has 1 aromatic carbocycles. The zero-order chi connectivity index (χ0) is 21.2. The third-order valence-corrected chi connectivity index (χ3v) is 5.83. The Bertz CT molecular complexity index is 1200. The van der Waals surface area contributed by atoms with Gasteiger partial charge in [0.1, 0.15) is 5.71 Å². The number of nitrogens with one attached hydrogen (secondary N) is 2. The summed E-state index contributed by atoms with van der Waals surface area (Å²) >= 11 is 0. The summed E-state index contributed by atoms with van der Waals surface area (Å²) in [6.07, 6.45) is 11.1. The first-order chi connectivity index (χ1) is 15.2. The van der Waals surface area contributed by atoms with Crippen LogP contribution in [-0.4, -0.2) is 43.6 Å². The van der Waals surface area contributed by atoms with Crippen LogP contribution in [0.2, 0.25) is 0 Å². The summed E-state index contributed by atoms with van der Waals surface area (Å²) < 4.78 is 0. The van der Waals surface area contributed by atoms with Crippen molar-refractivity contribution < 1.29 is 0 Å². The van der Waals surface area contributed by atoms with Crippen LogP contribution in [0.25, 0.3) is 22.2 Å². The highest BCUT2D eigenvalue weighted by atomic mass is 15.1. The second kappa shape index (κ2) is 8.28. The van der Waals surface area contributed by atoms with Crippen LogP contribution in [0.5, 0.6) is 0 Å². The Balaban J connectivity index is 1.44. The fraction of sp³-hybridized carbons (Fsp3) is 0.250. The molecule has 0 unspecified atom stereocenters.